The van der Waals surface area contributed by atoms with Crippen molar-refractivity contribution in [1.29, 1.82) is 0 Å². The molecule has 0 saturated heterocycles. The van der Waals surface area contributed by atoms with E-state index in [0.717, 1.165) is 0 Å². The molecule has 0 aliphatic heterocycles. The Morgan fingerprint density at radius 2 is 1.94 bits per heavy atom. The molecule has 0 spiro atoms. The van der Waals surface area contributed by atoms with Crippen LogP contribution in [-0.4, -0.2) is 20.7 Å². The van der Waals surface area contributed by atoms with Crippen LogP contribution in [0.3, 0.4) is 0 Å². The van der Waals surface area contributed by atoms with Gasteiger partial charge in [0.25, 0.3) is 0 Å². The van der Waals surface area contributed by atoms with E-state index < -0.39 is 10.0 Å². The molecule has 96 valence electrons. The van der Waals surface area contributed by atoms with Crippen LogP contribution in [0, 0.1) is 12.3 Å². The quantitative estimate of drug-likeness (QED) is 0.482. The van der Waals surface area contributed by atoms with Gasteiger partial charge in [-0.2, -0.15) is 0 Å². The van der Waals surface area contributed by atoms with Crippen LogP contribution in [0.2, 0.25) is 0 Å². The molecule has 0 aliphatic rings. The Labute approximate surface area is 107 Å². The van der Waals surface area contributed by atoms with Gasteiger partial charge in [-0.3, -0.25) is 4.79 Å². The van der Waals surface area contributed by atoms with Gasteiger partial charge in [0, 0.05) is 18.5 Å². The molecule has 0 fully saturated rings. The number of unbranched alkanes of at least 4 members (excludes halogenated alkanes) is 1. The van der Waals surface area contributed by atoms with Crippen LogP contribution < -0.4 is 4.72 Å². The highest BCUT2D eigenvalue weighted by Crippen LogP contribution is 2.10. The number of carbonyl (C=O) groups excluding carboxylic acids is 1. The number of ketones is 1. The lowest BCUT2D eigenvalue weighted by Gasteiger charge is -2.06. The second-order valence-electron chi connectivity index (χ2n) is 3.79. The lowest BCUT2D eigenvalue weighted by atomic mass is 10.2. The van der Waals surface area contributed by atoms with Crippen LogP contribution >= 0.6 is 0 Å². The van der Waals surface area contributed by atoms with Gasteiger partial charge in [0.2, 0.25) is 10.0 Å². The molecule has 0 aliphatic carbocycles. The molecule has 1 rings (SSSR count). The van der Waals surface area contributed by atoms with Crippen molar-refractivity contribution in [3.8, 4) is 12.3 Å². The van der Waals surface area contributed by atoms with Gasteiger partial charge in [0.15, 0.2) is 5.78 Å². The van der Waals surface area contributed by atoms with Gasteiger partial charge in [-0.15, -0.1) is 12.3 Å². The van der Waals surface area contributed by atoms with Crippen LogP contribution in [0.4, 0.5) is 0 Å². The first-order valence-electron chi connectivity index (χ1n) is 5.51. The highest BCUT2D eigenvalue weighted by molar-refractivity contribution is 7.89. The number of terminal acetylenes is 1. The van der Waals surface area contributed by atoms with Gasteiger partial charge in [-0.05, 0) is 25.5 Å². The molecule has 1 N–H and O–H groups in total. The molecular formula is C13H15NO3S. The Kier molecular flexibility index (Phi) is 5.08. The van der Waals surface area contributed by atoms with Crippen molar-refractivity contribution in [2.24, 2.45) is 0 Å². The van der Waals surface area contributed by atoms with Gasteiger partial charge < -0.3 is 0 Å². The van der Waals surface area contributed by atoms with E-state index in [4.69, 9.17) is 6.42 Å². The van der Waals surface area contributed by atoms with E-state index >= 15 is 0 Å². The number of benzene rings is 1. The topological polar surface area (TPSA) is 63.2 Å². The highest BCUT2D eigenvalue weighted by Gasteiger charge is 2.13. The SMILES string of the molecule is C#CCCCNS(=O)(=O)c1ccc(C(C)=O)cc1. The van der Waals surface area contributed by atoms with Crippen molar-refractivity contribution in [1.82, 2.24) is 4.72 Å². The fraction of sp³-hybridized carbons (Fsp3) is 0.308. The number of rotatable bonds is 6. The predicted octanol–water partition coefficient (Wildman–Crippen LogP) is 1.58. The monoisotopic (exact) mass is 265 g/mol. The summed E-state index contributed by atoms with van der Waals surface area (Å²) < 4.78 is 26.1. The van der Waals surface area contributed by atoms with E-state index in [-0.39, 0.29) is 10.7 Å². The Bertz CT molecular complexity index is 553. The van der Waals surface area contributed by atoms with Crippen LogP contribution in [0.15, 0.2) is 29.2 Å². The van der Waals surface area contributed by atoms with Crippen LogP contribution in [-0.2, 0) is 10.0 Å². The van der Waals surface area contributed by atoms with Crippen molar-refractivity contribution < 1.29 is 13.2 Å². The summed E-state index contributed by atoms with van der Waals surface area (Å²) in [5.41, 5.74) is 0.487. The summed E-state index contributed by atoms with van der Waals surface area (Å²) in [7, 11) is -3.51. The third-order valence-corrected chi connectivity index (χ3v) is 3.84. The van der Waals surface area contributed by atoms with Crippen molar-refractivity contribution in [2.75, 3.05) is 6.54 Å². The molecule has 1 aromatic carbocycles. The first kappa shape index (κ1) is 14.4. The Balaban J connectivity index is 2.73. The number of hydrogen-bond acceptors (Lipinski definition) is 3. The molecule has 0 amide bonds. The van der Waals surface area contributed by atoms with E-state index in [1.54, 1.807) is 0 Å². The summed E-state index contributed by atoms with van der Waals surface area (Å²) in [5.74, 6) is 2.34. The standard InChI is InChI=1S/C13H15NO3S/c1-3-4-5-10-14-18(16,17)13-8-6-12(7-9-13)11(2)15/h1,6-9,14H,4-5,10H2,2H3. The molecule has 0 unspecified atom stereocenters. The lowest BCUT2D eigenvalue weighted by molar-refractivity contribution is 0.101. The molecule has 0 radical (unpaired) electrons. The molecule has 5 heteroatoms. The number of hydrogen-bond donors (Lipinski definition) is 1. The minimum absolute atomic E-state index is 0.0964. The highest BCUT2D eigenvalue weighted by atomic mass is 32.2. The molecular weight excluding hydrogens is 250 g/mol. The normalized spacial score (nSPS) is 10.9. The molecule has 18 heavy (non-hydrogen) atoms. The van der Waals surface area contributed by atoms with Gasteiger partial charge in [-0.25, -0.2) is 13.1 Å². The maximum Gasteiger partial charge on any atom is 0.240 e. The third-order valence-electron chi connectivity index (χ3n) is 2.36. The first-order valence-corrected chi connectivity index (χ1v) is 7.00. The van der Waals surface area contributed by atoms with E-state index in [0.29, 0.717) is 24.9 Å². The van der Waals surface area contributed by atoms with E-state index in [1.165, 1.54) is 31.2 Å². The second kappa shape index (κ2) is 6.34. The number of sulfonamides is 1. The van der Waals surface area contributed by atoms with Crippen molar-refractivity contribution in [3.05, 3.63) is 29.8 Å². The summed E-state index contributed by atoms with van der Waals surface area (Å²) in [6, 6.07) is 5.83. The van der Waals surface area contributed by atoms with E-state index in [1.807, 2.05) is 0 Å². The van der Waals surface area contributed by atoms with E-state index in [2.05, 4.69) is 10.6 Å². The minimum Gasteiger partial charge on any atom is -0.295 e. The van der Waals surface area contributed by atoms with Gasteiger partial charge >= 0.3 is 0 Å². The maximum absolute atomic E-state index is 11.8. The van der Waals surface area contributed by atoms with Crippen LogP contribution in [0.5, 0.6) is 0 Å². The number of Topliss-reactive ketones (excluding diaryl/α,β-unsaturated/α-hetero) is 1. The lowest BCUT2D eigenvalue weighted by Crippen LogP contribution is -2.24. The smallest absolute Gasteiger partial charge is 0.240 e. The van der Waals surface area contributed by atoms with E-state index in [9.17, 15) is 13.2 Å². The fourth-order valence-corrected chi connectivity index (χ4v) is 2.42. The molecule has 0 atom stereocenters. The number of carbonyl (C=O) groups is 1. The van der Waals surface area contributed by atoms with Crippen molar-refractivity contribution in [3.63, 3.8) is 0 Å². The average molecular weight is 265 g/mol. The molecule has 4 nitrogen and oxygen atoms in total. The van der Waals surface area contributed by atoms with Crippen molar-refractivity contribution in [2.45, 2.75) is 24.7 Å². The summed E-state index contributed by atoms with van der Waals surface area (Å²) in [5, 5.41) is 0. The summed E-state index contributed by atoms with van der Waals surface area (Å²) in [6.07, 6.45) is 6.21. The van der Waals surface area contributed by atoms with Crippen LogP contribution in [0.1, 0.15) is 30.1 Å². The van der Waals surface area contributed by atoms with Gasteiger partial charge in [0.05, 0.1) is 4.90 Å². The van der Waals surface area contributed by atoms with Crippen molar-refractivity contribution >= 4 is 15.8 Å². The fourth-order valence-electron chi connectivity index (χ4n) is 1.35. The molecule has 0 saturated carbocycles. The van der Waals surface area contributed by atoms with Gasteiger partial charge in [0.1, 0.15) is 0 Å². The summed E-state index contributed by atoms with van der Waals surface area (Å²) >= 11 is 0. The summed E-state index contributed by atoms with van der Waals surface area (Å²) in [6.45, 7) is 1.74. The third kappa shape index (κ3) is 3.99. The summed E-state index contributed by atoms with van der Waals surface area (Å²) in [4.78, 5) is 11.2. The zero-order chi connectivity index (χ0) is 13.6. The second-order valence-corrected chi connectivity index (χ2v) is 5.55. The Morgan fingerprint density at radius 1 is 1.33 bits per heavy atom. The Morgan fingerprint density at radius 3 is 2.44 bits per heavy atom. The minimum atomic E-state index is -3.51. The predicted molar refractivity (Wildman–Crippen MR) is 69.7 cm³/mol. The Hall–Kier alpha value is -1.64. The number of nitrogens with one attached hydrogen (secondary N) is 1. The van der Waals surface area contributed by atoms with Crippen LogP contribution in [0.25, 0.3) is 0 Å². The molecule has 1 aromatic rings. The molecule has 0 bridgehead atoms. The zero-order valence-corrected chi connectivity index (χ0v) is 11.0. The first-order chi connectivity index (χ1) is 8.47. The largest absolute Gasteiger partial charge is 0.295 e. The molecule has 0 heterocycles. The zero-order valence-electron chi connectivity index (χ0n) is 10.1. The maximum atomic E-state index is 11.8. The molecule has 0 aromatic heterocycles. The average Bonchev–Trinajstić information content (AvgIpc) is 2.35. The van der Waals surface area contributed by atoms with Gasteiger partial charge in [-0.1, -0.05) is 12.1 Å².